The third-order valence-electron chi connectivity index (χ3n) is 2.27. The van der Waals surface area contributed by atoms with E-state index in [4.69, 9.17) is 9.84 Å². The largest absolute Gasteiger partial charge is 0.497 e. The lowest BCUT2D eigenvalue weighted by Gasteiger charge is -2.05. The summed E-state index contributed by atoms with van der Waals surface area (Å²) in [5.74, 6) is -0.286. The van der Waals surface area contributed by atoms with Crippen LogP contribution in [0.15, 0.2) is 22.7 Å². The van der Waals surface area contributed by atoms with E-state index in [0.717, 1.165) is 0 Å². The van der Waals surface area contributed by atoms with Gasteiger partial charge in [-0.05, 0) is 40.5 Å². The number of halogens is 1. The van der Waals surface area contributed by atoms with Crippen molar-refractivity contribution >= 4 is 27.7 Å². The monoisotopic (exact) mass is 300 g/mol. The first-order valence-corrected chi connectivity index (χ1v) is 5.92. The molecular formula is C12H13BrO4. The van der Waals surface area contributed by atoms with Gasteiger partial charge in [-0.15, -0.1) is 0 Å². The van der Waals surface area contributed by atoms with Gasteiger partial charge in [0.2, 0.25) is 0 Å². The van der Waals surface area contributed by atoms with Crippen LogP contribution in [0.4, 0.5) is 0 Å². The summed E-state index contributed by atoms with van der Waals surface area (Å²) in [4.78, 5) is 22.1. The van der Waals surface area contributed by atoms with Gasteiger partial charge in [0.15, 0.2) is 5.78 Å². The number of aliphatic carboxylic acids is 1. The summed E-state index contributed by atoms with van der Waals surface area (Å²) in [5.41, 5.74) is 0.552. The fraction of sp³-hybridized carbons (Fsp3) is 0.333. The Morgan fingerprint density at radius 3 is 2.59 bits per heavy atom. The van der Waals surface area contributed by atoms with Gasteiger partial charge in [0.05, 0.1) is 7.11 Å². The molecule has 0 radical (unpaired) electrons. The molecule has 0 aromatic heterocycles. The van der Waals surface area contributed by atoms with Crippen molar-refractivity contribution in [1.29, 1.82) is 0 Å². The first-order valence-electron chi connectivity index (χ1n) is 5.13. The van der Waals surface area contributed by atoms with Crippen LogP contribution >= 0.6 is 15.9 Å². The molecule has 0 aliphatic rings. The van der Waals surface area contributed by atoms with Gasteiger partial charge in [-0.3, -0.25) is 9.59 Å². The molecule has 0 aliphatic carbocycles. The molecule has 0 saturated carbocycles. The molecular weight excluding hydrogens is 288 g/mol. The minimum absolute atomic E-state index is 0.0134. The van der Waals surface area contributed by atoms with E-state index in [1.54, 1.807) is 25.3 Å². The number of carboxylic acid groups (broad SMARTS) is 1. The highest BCUT2D eigenvalue weighted by Crippen LogP contribution is 2.24. The topological polar surface area (TPSA) is 63.6 Å². The van der Waals surface area contributed by atoms with Gasteiger partial charge in [-0.1, -0.05) is 0 Å². The number of rotatable bonds is 6. The standard InChI is InChI=1S/C12H13BrO4/c1-17-8-5-6-9(10(13)7-8)11(14)3-2-4-12(15)16/h5-7H,2-4H2,1H3,(H,15,16). The Kier molecular flexibility index (Phi) is 5.15. The zero-order chi connectivity index (χ0) is 12.8. The molecule has 0 unspecified atom stereocenters. The first-order chi connectivity index (χ1) is 8.04. The average molecular weight is 301 g/mol. The minimum Gasteiger partial charge on any atom is -0.497 e. The van der Waals surface area contributed by atoms with Crippen LogP contribution in [0.2, 0.25) is 0 Å². The summed E-state index contributed by atoms with van der Waals surface area (Å²) in [7, 11) is 1.55. The molecule has 0 amide bonds. The van der Waals surface area contributed by atoms with Gasteiger partial charge < -0.3 is 9.84 Å². The van der Waals surface area contributed by atoms with Crippen molar-refractivity contribution in [2.45, 2.75) is 19.3 Å². The second kappa shape index (κ2) is 6.39. The molecule has 0 aliphatic heterocycles. The number of ether oxygens (including phenoxy) is 1. The summed E-state index contributed by atoms with van der Waals surface area (Å²) in [5, 5.41) is 8.48. The van der Waals surface area contributed by atoms with Crippen LogP contribution in [-0.4, -0.2) is 24.0 Å². The summed E-state index contributed by atoms with van der Waals surface area (Å²) >= 11 is 3.29. The number of carbonyl (C=O) groups excluding carboxylic acids is 1. The summed E-state index contributed by atoms with van der Waals surface area (Å²) in [6.07, 6.45) is 0.601. The molecule has 0 saturated heterocycles. The molecule has 0 atom stereocenters. The predicted octanol–water partition coefficient (Wildman–Crippen LogP) is 2.90. The van der Waals surface area contributed by atoms with Crippen LogP contribution in [0, 0.1) is 0 Å². The molecule has 1 aromatic rings. The number of ketones is 1. The number of carboxylic acids is 1. The third-order valence-corrected chi connectivity index (χ3v) is 2.93. The Hall–Kier alpha value is -1.36. The Morgan fingerprint density at radius 2 is 2.06 bits per heavy atom. The summed E-state index contributed by atoms with van der Waals surface area (Å²) in [6, 6.07) is 5.09. The van der Waals surface area contributed by atoms with E-state index in [1.165, 1.54) is 0 Å². The fourth-order valence-electron chi connectivity index (χ4n) is 1.38. The van der Waals surface area contributed by atoms with Crippen LogP contribution in [-0.2, 0) is 4.79 Å². The van der Waals surface area contributed by atoms with E-state index < -0.39 is 5.97 Å². The molecule has 0 bridgehead atoms. The highest BCUT2D eigenvalue weighted by molar-refractivity contribution is 9.10. The van der Waals surface area contributed by atoms with E-state index in [1.807, 2.05) is 0 Å². The second-order valence-corrected chi connectivity index (χ2v) is 4.37. The lowest BCUT2D eigenvalue weighted by atomic mass is 10.1. The Labute approximate surface area is 108 Å². The van der Waals surface area contributed by atoms with E-state index >= 15 is 0 Å². The molecule has 92 valence electrons. The lowest BCUT2D eigenvalue weighted by Crippen LogP contribution is -2.02. The Morgan fingerprint density at radius 1 is 1.35 bits per heavy atom. The molecule has 0 heterocycles. The summed E-state index contributed by atoms with van der Waals surface area (Å²) in [6.45, 7) is 0. The van der Waals surface area contributed by atoms with E-state index in [0.29, 0.717) is 22.2 Å². The number of Topliss-reactive ketones (excluding diaryl/α,β-unsaturated/α-hetero) is 1. The fourth-order valence-corrected chi connectivity index (χ4v) is 1.96. The maximum absolute atomic E-state index is 11.8. The van der Waals surface area contributed by atoms with Gasteiger partial charge in [0, 0.05) is 22.9 Å². The van der Waals surface area contributed by atoms with Crippen LogP contribution in [0.25, 0.3) is 0 Å². The van der Waals surface area contributed by atoms with Crippen LogP contribution in [0.1, 0.15) is 29.6 Å². The predicted molar refractivity (Wildman–Crippen MR) is 66.5 cm³/mol. The Bertz CT molecular complexity index is 429. The molecule has 5 heteroatoms. The van der Waals surface area contributed by atoms with Crippen molar-refractivity contribution in [2.75, 3.05) is 7.11 Å². The van der Waals surface area contributed by atoms with Gasteiger partial charge in [0.1, 0.15) is 5.75 Å². The molecule has 1 N–H and O–H groups in total. The van der Waals surface area contributed by atoms with Gasteiger partial charge in [-0.2, -0.15) is 0 Å². The quantitative estimate of drug-likeness (QED) is 0.821. The third kappa shape index (κ3) is 4.19. The molecule has 17 heavy (non-hydrogen) atoms. The van der Waals surface area contributed by atoms with E-state index in [2.05, 4.69) is 15.9 Å². The SMILES string of the molecule is COc1ccc(C(=O)CCCC(=O)O)c(Br)c1. The Balaban J connectivity index is 2.66. The van der Waals surface area contributed by atoms with Gasteiger partial charge >= 0.3 is 5.97 Å². The second-order valence-electron chi connectivity index (χ2n) is 3.52. The maximum Gasteiger partial charge on any atom is 0.303 e. The zero-order valence-corrected chi connectivity index (χ0v) is 11.0. The van der Waals surface area contributed by atoms with Gasteiger partial charge in [-0.25, -0.2) is 0 Å². The van der Waals surface area contributed by atoms with Crippen molar-refractivity contribution in [1.82, 2.24) is 0 Å². The number of hydrogen-bond acceptors (Lipinski definition) is 3. The molecule has 1 rings (SSSR count). The van der Waals surface area contributed by atoms with Crippen LogP contribution < -0.4 is 4.74 Å². The highest BCUT2D eigenvalue weighted by Gasteiger charge is 2.11. The number of hydrogen-bond donors (Lipinski definition) is 1. The first kappa shape index (κ1) is 13.7. The summed E-state index contributed by atoms with van der Waals surface area (Å²) < 4.78 is 5.69. The maximum atomic E-state index is 11.8. The average Bonchev–Trinajstić information content (AvgIpc) is 2.28. The normalized spacial score (nSPS) is 10.0. The minimum atomic E-state index is -0.883. The number of benzene rings is 1. The van der Waals surface area contributed by atoms with Crippen molar-refractivity contribution in [3.8, 4) is 5.75 Å². The van der Waals surface area contributed by atoms with Crippen molar-refractivity contribution in [3.05, 3.63) is 28.2 Å². The highest BCUT2D eigenvalue weighted by atomic mass is 79.9. The lowest BCUT2D eigenvalue weighted by molar-refractivity contribution is -0.137. The number of carbonyl (C=O) groups is 2. The smallest absolute Gasteiger partial charge is 0.303 e. The molecule has 4 nitrogen and oxygen atoms in total. The molecule has 0 fully saturated rings. The van der Waals surface area contributed by atoms with Crippen LogP contribution in [0.3, 0.4) is 0 Å². The van der Waals surface area contributed by atoms with Crippen molar-refractivity contribution in [2.24, 2.45) is 0 Å². The van der Waals surface area contributed by atoms with Crippen molar-refractivity contribution in [3.63, 3.8) is 0 Å². The van der Waals surface area contributed by atoms with E-state index in [9.17, 15) is 9.59 Å². The zero-order valence-electron chi connectivity index (χ0n) is 9.40. The molecule has 1 aromatic carbocycles. The van der Waals surface area contributed by atoms with E-state index in [-0.39, 0.29) is 18.6 Å². The van der Waals surface area contributed by atoms with Crippen LogP contribution in [0.5, 0.6) is 5.75 Å². The van der Waals surface area contributed by atoms with Gasteiger partial charge in [0.25, 0.3) is 0 Å². The molecule has 0 spiro atoms. The number of methoxy groups -OCH3 is 1. The van der Waals surface area contributed by atoms with Crippen molar-refractivity contribution < 1.29 is 19.4 Å².